The van der Waals surface area contributed by atoms with Crippen molar-refractivity contribution in [1.82, 2.24) is 0 Å². The first-order valence-corrected chi connectivity index (χ1v) is 3.25. The van der Waals surface area contributed by atoms with Crippen LogP contribution in [0.15, 0.2) is 0 Å². The molecule has 0 spiro atoms. The summed E-state index contributed by atoms with van der Waals surface area (Å²) >= 11 is 0. The molecule has 1 aliphatic rings. The number of ether oxygens (including phenoxy) is 1. The number of amides is 1. The molecule has 0 aromatic carbocycles. The average Bonchev–Trinajstić information content (AvgIpc) is 2.19. The highest BCUT2D eigenvalue weighted by Crippen LogP contribution is 2.08. The molecule has 1 fully saturated rings. The summed E-state index contributed by atoms with van der Waals surface area (Å²) in [5.41, 5.74) is 9.72. The van der Waals surface area contributed by atoms with Gasteiger partial charge in [0.05, 0.1) is 6.10 Å². The monoisotopic (exact) mass is 146 g/mol. The highest BCUT2D eigenvalue weighted by atomic mass is 16.5. The normalized spacial score (nSPS) is 30.6. The van der Waals surface area contributed by atoms with Gasteiger partial charge in [-0.2, -0.15) is 0 Å². The first kappa shape index (κ1) is 9.39. The Balaban J connectivity index is 0.000000236. The minimum absolute atomic E-state index is 0.250. The molecule has 1 amide bonds. The van der Waals surface area contributed by atoms with Crippen LogP contribution in [0.2, 0.25) is 0 Å². The highest BCUT2D eigenvalue weighted by Gasteiger charge is 2.18. The van der Waals surface area contributed by atoms with Gasteiger partial charge in [0.2, 0.25) is 6.41 Å². The van der Waals surface area contributed by atoms with Gasteiger partial charge in [0.15, 0.2) is 0 Å². The van der Waals surface area contributed by atoms with Crippen molar-refractivity contribution in [3.05, 3.63) is 0 Å². The smallest absolute Gasteiger partial charge is 0.204 e. The van der Waals surface area contributed by atoms with Crippen molar-refractivity contribution < 1.29 is 9.53 Å². The Morgan fingerprint density at radius 2 is 2.20 bits per heavy atom. The summed E-state index contributed by atoms with van der Waals surface area (Å²) < 4.78 is 5.14. The van der Waals surface area contributed by atoms with E-state index in [1.165, 1.54) is 0 Å². The van der Waals surface area contributed by atoms with Crippen LogP contribution in [0, 0.1) is 0 Å². The summed E-state index contributed by atoms with van der Waals surface area (Å²) in [6.07, 6.45) is 1.57. The third-order valence-corrected chi connectivity index (χ3v) is 1.43. The van der Waals surface area contributed by atoms with Crippen LogP contribution >= 0.6 is 0 Å². The minimum atomic E-state index is 0.250. The maximum atomic E-state index is 8.58. The zero-order valence-corrected chi connectivity index (χ0v) is 6.12. The topological polar surface area (TPSA) is 78.3 Å². The molecule has 1 aliphatic heterocycles. The van der Waals surface area contributed by atoms with Crippen LogP contribution in [0.4, 0.5) is 0 Å². The third kappa shape index (κ3) is 3.42. The van der Waals surface area contributed by atoms with Gasteiger partial charge in [-0.3, -0.25) is 4.79 Å². The second-order valence-corrected chi connectivity index (χ2v) is 2.16. The van der Waals surface area contributed by atoms with Gasteiger partial charge in [-0.25, -0.2) is 0 Å². The zero-order chi connectivity index (χ0) is 7.98. The molecule has 1 saturated heterocycles. The summed E-state index contributed by atoms with van der Waals surface area (Å²) in [5, 5.41) is 0. The number of hydrogen-bond donors (Lipinski definition) is 2. The molecule has 60 valence electrons. The predicted octanol–water partition coefficient (Wildman–Crippen LogP) is -0.776. The molecule has 0 aromatic rings. The Morgan fingerprint density at radius 1 is 1.70 bits per heavy atom. The average molecular weight is 146 g/mol. The van der Waals surface area contributed by atoms with Gasteiger partial charge in [0, 0.05) is 12.6 Å². The van der Waals surface area contributed by atoms with E-state index < -0.39 is 0 Å². The molecule has 0 aliphatic carbocycles. The van der Waals surface area contributed by atoms with Crippen molar-refractivity contribution >= 4 is 6.41 Å². The van der Waals surface area contributed by atoms with Crippen LogP contribution in [0.3, 0.4) is 0 Å². The molecule has 1 heterocycles. The van der Waals surface area contributed by atoms with E-state index in [0.29, 0.717) is 12.1 Å². The SMILES string of the molecule is CC1OCCC1N.NC=O. The molecule has 0 saturated carbocycles. The minimum Gasteiger partial charge on any atom is -0.377 e. The quantitative estimate of drug-likeness (QED) is 0.440. The Kier molecular flexibility index (Phi) is 4.88. The number of carbonyl (C=O) groups is 1. The van der Waals surface area contributed by atoms with E-state index in [1.54, 1.807) is 0 Å². The van der Waals surface area contributed by atoms with E-state index in [1.807, 2.05) is 6.92 Å². The lowest BCUT2D eigenvalue weighted by atomic mass is 10.2. The van der Waals surface area contributed by atoms with Gasteiger partial charge < -0.3 is 16.2 Å². The first-order chi connectivity index (χ1) is 4.72. The van der Waals surface area contributed by atoms with Gasteiger partial charge in [-0.05, 0) is 13.3 Å². The Bertz CT molecular complexity index is 89.7. The molecule has 4 N–H and O–H groups in total. The van der Waals surface area contributed by atoms with Gasteiger partial charge in [-0.15, -0.1) is 0 Å². The van der Waals surface area contributed by atoms with Crippen LogP contribution < -0.4 is 11.5 Å². The van der Waals surface area contributed by atoms with Crippen molar-refractivity contribution in [2.24, 2.45) is 11.5 Å². The molecule has 4 heteroatoms. The van der Waals surface area contributed by atoms with Crippen LogP contribution in [0.25, 0.3) is 0 Å². The van der Waals surface area contributed by atoms with E-state index in [2.05, 4.69) is 5.73 Å². The molecule has 0 bridgehead atoms. The second-order valence-electron chi connectivity index (χ2n) is 2.16. The standard InChI is InChI=1S/C5H11NO.CH3NO/c1-4-5(6)2-3-7-4;2-1-3/h4-5H,2-3,6H2,1H3;1H,(H2,2,3). The van der Waals surface area contributed by atoms with Gasteiger partial charge in [0.25, 0.3) is 0 Å². The number of carbonyl (C=O) groups excluding carboxylic acids is 1. The summed E-state index contributed by atoms with van der Waals surface area (Å²) in [5.74, 6) is 0. The van der Waals surface area contributed by atoms with Gasteiger partial charge >= 0.3 is 0 Å². The molecule has 4 nitrogen and oxygen atoms in total. The highest BCUT2D eigenvalue weighted by molar-refractivity contribution is 5.42. The maximum Gasteiger partial charge on any atom is 0.204 e. The van der Waals surface area contributed by atoms with Gasteiger partial charge in [0.1, 0.15) is 0 Å². The van der Waals surface area contributed by atoms with Crippen molar-refractivity contribution in [2.75, 3.05) is 6.61 Å². The fraction of sp³-hybridized carbons (Fsp3) is 0.833. The number of rotatable bonds is 0. The van der Waals surface area contributed by atoms with Crippen LogP contribution in [0.5, 0.6) is 0 Å². The lowest BCUT2D eigenvalue weighted by Crippen LogP contribution is -2.26. The van der Waals surface area contributed by atoms with Crippen molar-refractivity contribution in [3.63, 3.8) is 0 Å². The van der Waals surface area contributed by atoms with E-state index in [-0.39, 0.29) is 6.41 Å². The molecule has 10 heavy (non-hydrogen) atoms. The maximum absolute atomic E-state index is 8.58. The van der Waals surface area contributed by atoms with Crippen molar-refractivity contribution in [2.45, 2.75) is 25.5 Å². The van der Waals surface area contributed by atoms with Crippen molar-refractivity contribution in [3.8, 4) is 0 Å². The Labute approximate surface area is 60.5 Å². The molecular formula is C6H14N2O2. The summed E-state index contributed by atoms with van der Waals surface area (Å²) in [4.78, 5) is 8.58. The van der Waals surface area contributed by atoms with Crippen LogP contribution in [-0.2, 0) is 9.53 Å². The fourth-order valence-electron chi connectivity index (χ4n) is 0.748. The zero-order valence-electron chi connectivity index (χ0n) is 6.12. The van der Waals surface area contributed by atoms with Gasteiger partial charge in [-0.1, -0.05) is 0 Å². The number of nitrogens with two attached hydrogens (primary N) is 2. The van der Waals surface area contributed by atoms with Crippen LogP contribution in [-0.4, -0.2) is 25.2 Å². The summed E-state index contributed by atoms with van der Waals surface area (Å²) in [6.45, 7) is 2.86. The fourth-order valence-corrected chi connectivity index (χ4v) is 0.748. The van der Waals surface area contributed by atoms with E-state index >= 15 is 0 Å². The van der Waals surface area contributed by atoms with E-state index in [0.717, 1.165) is 13.0 Å². The van der Waals surface area contributed by atoms with E-state index in [9.17, 15) is 0 Å². The molecular weight excluding hydrogens is 132 g/mol. The molecule has 2 unspecified atom stereocenters. The third-order valence-electron chi connectivity index (χ3n) is 1.43. The lowest BCUT2D eigenvalue weighted by Gasteiger charge is -2.04. The number of primary amides is 1. The number of hydrogen-bond acceptors (Lipinski definition) is 3. The lowest BCUT2D eigenvalue weighted by molar-refractivity contribution is -0.106. The van der Waals surface area contributed by atoms with Crippen molar-refractivity contribution in [1.29, 1.82) is 0 Å². The molecule has 1 rings (SSSR count). The Hall–Kier alpha value is -0.610. The first-order valence-electron chi connectivity index (χ1n) is 3.25. The van der Waals surface area contributed by atoms with Crippen LogP contribution in [0.1, 0.15) is 13.3 Å². The Morgan fingerprint density at radius 3 is 2.30 bits per heavy atom. The largest absolute Gasteiger partial charge is 0.377 e. The summed E-state index contributed by atoms with van der Waals surface area (Å²) in [7, 11) is 0. The molecule has 0 radical (unpaired) electrons. The second kappa shape index (κ2) is 5.20. The predicted molar refractivity (Wildman–Crippen MR) is 38.3 cm³/mol. The van der Waals surface area contributed by atoms with E-state index in [4.69, 9.17) is 15.3 Å². The molecule has 2 atom stereocenters. The summed E-state index contributed by atoms with van der Waals surface area (Å²) in [6, 6.07) is 0.292. The molecule has 0 aromatic heterocycles.